The Kier molecular flexibility index (Phi) is 7.29. The number of anilines is 1. The molecule has 2 aromatic carbocycles. The minimum Gasteiger partial charge on any atom is -0.497 e. The topological polar surface area (TPSA) is 84.9 Å². The monoisotopic (exact) mass is 377 g/mol. The lowest BCUT2D eigenvalue weighted by atomic mass is 10.1. The van der Waals surface area contributed by atoms with E-state index in [4.69, 9.17) is 26.2 Å². The van der Waals surface area contributed by atoms with Crippen LogP contribution in [0.25, 0.3) is 0 Å². The van der Waals surface area contributed by atoms with Gasteiger partial charge in [0.25, 0.3) is 0 Å². The van der Waals surface area contributed by atoms with Crippen LogP contribution in [0, 0.1) is 0 Å². The fourth-order valence-electron chi connectivity index (χ4n) is 2.32. The van der Waals surface area contributed by atoms with E-state index in [1.165, 1.54) is 7.11 Å². The molecule has 0 aliphatic rings. The van der Waals surface area contributed by atoms with Crippen molar-refractivity contribution in [2.75, 3.05) is 19.0 Å². The second kappa shape index (κ2) is 9.68. The Bertz CT molecular complexity index is 748. The first-order valence-electron chi connectivity index (χ1n) is 8.03. The van der Waals surface area contributed by atoms with Crippen molar-refractivity contribution in [2.45, 2.75) is 18.9 Å². The largest absolute Gasteiger partial charge is 0.497 e. The Morgan fingerprint density at radius 1 is 1.23 bits per heavy atom. The lowest BCUT2D eigenvalue weighted by Crippen LogP contribution is -2.12. The second-order valence-electron chi connectivity index (χ2n) is 5.55. The van der Waals surface area contributed by atoms with E-state index in [0.29, 0.717) is 28.6 Å². The third kappa shape index (κ3) is 5.97. The van der Waals surface area contributed by atoms with Gasteiger partial charge in [-0.1, -0.05) is 23.7 Å². The molecule has 2 aromatic rings. The van der Waals surface area contributed by atoms with Crippen LogP contribution in [0.3, 0.4) is 0 Å². The number of halogens is 1. The van der Waals surface area contributed by atoms with Gasteiger partial charge in [-0.05, 0) is 24.1 Å². The Labute approximate surface area is 156 Å². The number of hydrogen-bond donors (Lipinski definition) is 2. The summed E-state index contributed by atoms with van der Waals surface area (Å²) in [7, 11) is 1.53. The first kappa shape index (κ1) is 19.6. The summed E-state index contributed by atoms with van der Waals surface area (Å²) in [5.74, 6) is 0.223. The van der Waals surface area contributed by atoms with Crippen LogP contribution >= 0.6 is 11.6 Å². The molecular weight excluding hydrogens is 358 g/mol. The van der Waals surface area contributed by atoms with Crippen molar-refractivity contribution < 1.29 is 24.2 Å². The van der Waals surface area contributed by atoms with Crippen LogP contribution in [-0.4, -0.2) is 31.1 Å². The van der Waals surface area contributed by atoms with E-state index in [1.807, 2.05) is 0 Å². The first-order chi connectivity index (χ1) is 12.5. The molecule has 0 spiro atoms. The summed E-state index contributed by atoms with van der Waals surface area (Å²) in [5, 5.41) is 12.4. The molecule has 0 radical (unpaired) electrons. The molecule has 0 bridgehead atoms. The Balaban J connectivity index is 2.11. The third-order valence-corrected chi connectivity index (χ3v) is 3.86. The maximum Gasteiger partial charge on any atom is 0.303 e. The van der Waals surface area contributed by atoms with E-state index in [0.717, 1.165) is 11.8 Å². The highest BCUT2D eigenvalue weighted by molar-refractivity contribution is 6.30. The summed E-state index contributed by atoms with van der Waals surface area (Å²) in [6.45, 7) is 0.271. The van der Waals surface area contributed by atoms with E-state index in [9.17, 15) is 9.59 Å². The van der Waals surface area contributed by atoms with Crippen molar-refractivity contribution in [3.63, 3.8) is 0 Å². The summed E-state index contributed by atoms with van der Waals surface area (Å²) < 4.78 is 10.8. The molecule has 1 unspecified atom stereocenters. The van der Waals surface area contributed by atoms with Crippen LogP contribution in [0.2, 0.25) is 5.02 Å². The summed E-state index contributed by atoms with van der Waals surface area (Å²) in [6.07, 6.45) is 1.24. The van der Waals surface area contributed by atoms with Gasteiger partial charge in [-0.3, -0.25) is 4.79 Å². The molecule has 0 aliphatic carbocycles. The Morgan fingerprint density at radius 2 is 1.92 bits per heavy atom. The van der Waals surface area contributed by atoms with Crippen molar-refractivity contribution in [1.82, 2.24) is 0 Å². The van der Waals surface area contributed by atoms with Gasteiger partial charge in [0.1, 0.15) is 23.8 Å². The molecule has 7 heteroatoms. The zero-order valence-electron chi connectivity index (χ0n) is 14.3. The summed E-state index contributed by atoms with van der Waals surface area (Å²) in [6, 6.07) is 11.6. The van der Waals surface area contributed by atoms with Gasteiger partial charge in [0.15, 0.2) is 0 Å². The predicted octanol–water partition coefficient (Wildman–Crippen LogP) is 3.94. The lowest BCUT2D eigenvalue weighted by Gasteiger charge is -2.17. The van der Waals surface area contributed by atoms with Crippen LogP contribution in [-0.2, 0) is 9.59 Å². The van der Waals surface area contributed by atoms with E-state index in [-0.39, 0.29) is 13.0 Å². The number of carbonyl (C=O) groups is 2. The number of carboxylic acid groups (broad SMARTS) is 1. The summed E-state index contributed by atoms with van der Waals surface area (Å²) in [4.78, 5) is 22.0. The summed E-state index contributed by atoms with van der Waals surface area (Å²) >= 11 is 5.88. The SMILES string of the molecule is COc1cc(NC(C=O)c2ccc(Cl)cc2)cc(OCCCC(=O)O)c1. The highest BCUT2D eigenvalue weighted by Gasteiger charge is 2.12. The molecule has 0 heterocycles. The quantitative estimate of drug-likeness (QED) is 0.482. The summed E-state index contributed by atoms with van der Waals surface area (Å²) in [5.41, 5.74) is 1.42. The fraction of sp³-hybridized carbons (Fsp3) is 0.263. The molecule has 0 amide bonds. The third-order valence-electron chi connectivity index (χ3n) is 3.61. The van der Waals surface area contributed by atoms with Crippen LogP contribution in [0.1, 0.15) is 24.4 Å². The Morgan fingerprint density at radius 3 is 2.54 bits per heavy atom. The molecule has 26 heavy (non-hydrogen) atoms. The molecule has 0 saturated heterocycles. The number of nitrogens with one attached hydrogen (secondary N) is 1. The number of aldehydes is 1. The number of carbonyl (C=O) groups excluding carboxylic acids is 1. The highest BCUT2D eigenvalue weighted by atomic mass is 35.5. The average molecular weight is 378 g/mol. The number of benzene rings is 2. The van der Waals surface area contributed by atoms with Crippen LogP contribution < -0.4 is 14.8 Å². The minimum atomic E-state index is -0.863. The predicted molar refractivity (Wildman–Crippen MR) is 99.2 cm³/mol. The van der Waals surface area contributed by atoms with Crippen molar-refractivity contribution in [3.8, 4) is 11.5 Å². The molecule has 138 valence electrons. The molecule has 0 saturated carbocycles. The first-order valence-corrected chi connectivity index (χ1v) is 8.40. The van der Waals surface area contributed by atoms with E-state index in [1.54, 1.807) is 42.5 Å². The molecule has 0 aromatic heterocycles. The standard InChI is InChI=1S/C19H20ClNO5/c1-25-16-9-15(10-17(11-16)26-8-2-3-19(23)24)21-18(12-22)13-4-6-14(20)7-5-13/h4-7,9-12,18,21H,2-3,8H2,1H3,(H,23,24). The van der Waals surface area contributed by atoms with Gasteiger partial charge in [0, 0.05) is 35.3 Å². The number of hydrogen-bond acceptors (Lipinski definition) is 5. The van der Waals surface area contributed by atoms with Crippen molar-refractivity contribution in [1.29, 1.82) is 0 Å². The molecule has 1 atom stereocenters. The molecule has 2 N–H and O–H groups in total. The van der Waals surface area contributed by atoms with E-state index in [2.05, 4.69) is 5.32 Å². The van der Waals surface area contributed by atoms with Crippen LogP contribution in [0.15, 0.2) is 42.5 Å². The van der Waals surface area contributed by atoms with Crippen molar-refractivity contribution in [2.24, 2.45) is 0 Å². The zero-order valence-corrected chi connectivity index (χ0v) is 15.0. The van der Waals surface area contributed by atoms with Gasteiger partial charge in [-0.15, -0.1) is 0 Å². The van der Waals surface area contributed by atoms with E-state index >= 15 is 0 Å². The maximum absolute atomic E-state index is 11.5. The minimum absolute atomic E-state index is 0.0405. The second-order valence-corrected chi connectivity index (χ2v) is 5.99. The molecule has 0 fully saturated rings. The van der Waals surface area contributed by atoms with Gasteiger partial charge in [-0.2, -0.15) is 0 Å². The fourth-order valence-corrected chi connectivity index (χ4v) is 2.44. The molecular formula is C19H20ClNO5. The van der Waals surface area contributed by atoms with Crippen molar-refractivity contribution in [3.05, 3.63) is 53.1 Å². The number of rotatable bonds is 10. The lowest BCUT2D eigenvalue weighted by molar-refractivity contribution is -0.137. The zero-order chi connectivity index (χ0) is 18.9. The molecule has 2 rings (SSSR count). The number of methoxy groups -OCH3 is 1. The van der Waals surface area contributed by atoms with Gasteiger partial charge >= 0.3 is 5.97 Å². The maximum atomic E-state index is 11.5. The molecule has 6 nitrogen and oxygen atoms in total. The van der Waals surface area contributed by atoms with Crippen LogP contribution in [0.5, 0.6) is 11.5 Å². The molecule has 0 aliphatic heterocycles. The van der Waals surface area contributed by atoms with E-state index < -0.39 is 12.0 Å². The van der Waals surface area contributed by atoms with Crippen molar-refractivity contribution >= 4 is 29.5 Å². The highest BCUT2D eigenvalue weighted by Crippen LogP contribution is 2.29. The normalized spacial score (nSPS) is 11.5. The van der Waals surface area contributed by atoms with Gasteiger partial charge in [-0.25, -0.2) is 0 Å². The van der Waals surface area contributed by atoms with Crippen LogP contribution in [0.4, 0.5) is 5.69 Å². The average Bonchev–Trinajstić information content (AvgIpc) is 2.64. The van der Waals surface area contributed by atoms with Gasteiger partial charge < -0.3 is 24.7 Å². The van der Waals surface area contributed by atoms with Gasteiger partial charge in [0.05, 0.1) is 13.7 Å². The number of carboxylic acids is 1. The Hall–Kier alpha value is -2.73. The van der Waals surface area contributed by atoms with Gasteiger partial charge in [0.2, 0.25) is 0 Å². The number of aliphatic carboxylic acids is 1. The smallest absolute Gasteiger partial charge is 0.303 e. The number of ether oxygens (including phenoxy) is 2.